The number of rotatable bonds is 5. The van der Waals surface area contributed by atoms with Crippen molar-refractivity contribution in [1.82, 2.24) is 0 Å². The Morgan fingerprint density at radius 1 is 0.750 bits per heavy atom. The molecule has 2 aliphatic heterocycles. The fourth-order valence-electron chi connectivity index (χ4n) is 2.75. The van der Waals surface area contributed by atoms with Gasteiger partial charge in [0.15, 0.2) is 12.6 Å². The van der Waals surface area contributed by atoms with Crippen molar-refractivity contribution in [2.45, 2.75) is 61.4 Å². The zero-order valence-corrected chi connectivity index (χ0v) is 14.7. The van der Waals surface area contributed by atoms with Crippen molar-refractivity contribution in [3.63, 3.8) is 0 Å². The number of hydrogen-bond donors (Lipinski definition) is 7. The summed E-state index contributed by atoms with van der Waals surface area (Å²) in [7, 11) is 1.32. The number of aliphatic hydroxyl groups is 5. The Bertz CT molecular complexity index is 400. The number of ether oxygens (including phenoxy) is 4. The monoisotopic (exact) mass is 388 g/mol. The Morgan fingerprint density at radius 3 is 1.83 bits per heavy atom. The van der Waals surface area contributed by atoms with Crippen LogP contribution in [-0.4, -0.2) is 106 Å². The van der Waals surface area contributed by atoms with E-state index in [1.54, 1.807) is 0 Å². The lowest BCUT2D eigenvalue weighted by atomic mass is 9.97. The molecule has 5 N–H and O–H groups in total. The highest BCUT2D eigenvalue weighted by Gasteiger charge is 2.50. The second kappa shape index (κ2) is 8.82. The van der Waals surface area contributed by atoms with Crippen LogP contribution in [0.4, 0.5) is 0 Å². The van der Waals surface area contributed by atoms with Crippen LogP contribution >= 0.6 is 25.3 Å². The summed E-state index contributed by atoms with van der Waals surface area (Å²) in [6.45, 7) is 0. The van der Waals surface area contributed by atoms with Crippen LogP contribution in [0.3, 0.4) is 0 Å². The minimum absolute atomic E-state index is 0.0822. The van der Waals surface area contributed by atoms with Crippen molar-refractivity contribution in [3.05, 3.63) is 0 Å². The average molecular weight is 388 g/mol. The lowest BCUT2D eigenvalue weighted by molar-refractivity contribution is -0.349. The molecule has 24 heavy (non-hydrogen) atoms. The fraction of sp³-hybridized carbons (Fsp3) is 1.00. The molecule has 2 aliphatic rings. The average Bonchev–Trinajstić information content (AvgIpc) is 2.59. The predicted molar refractivity (Wildman–Crippen MR) is 86.9 cm³/mol. The van der Waals surface area contributed by atoms with E-state index in [0.29, 0.717) is 0 Å². The first-order chi connectivity index (χ1) is 11.3. The molecular weight excluding hydrogens is 364 g/mol. The molecule has 0 radical (unpaired) electrons. The highest BCUT2D eigenvalue weighted by Crippen LogP contribution is 2.29. The molecule has 0 bridgehead atoms. The number of thiol groups is 2. The number of methoxy groups -OCH3 is 1. The van der Waals surface area contributed by atoms with Gasteiger partial charge in [0.1, 0.15) is 36.6 Å². The normalized spacial score (nSPS) is 50.0. The van der Waals surface area contributed by atoms with Gasteiger partial charge in [-0.25, -0.2) is 0 Å². The maximum absolute atomic E-state index is 10.3. The van der Waals surface area contributed by atoms with Gasteiger partial charge in [-0.15, -0.1) is 0 Å². The molecule has 11 heteroatoms. The first-order valence-corrected chi connectivity index (χ1v) is 8.73. The Kier molecular flexibility index (Phi) is 7.59. The van der Waals surface area contributed by atoms with Gasteiger partial charge in [0.05, 0.1) is 12.2 Å². The van der Waals surface area contributed by atoms with Crippen LogP contribution in [0.1, 0.15) is 0 Å². The third-order valence-corrected chi connectivity index (χ3v) is 4.91. The van der Waals surface area contributed by atoms with E-state index >= 15 is 0 Å². The van der Waals surface area contributed by atoms with Gasteiger partial charge in [0.2, 0.25) is 0 Å². The van der Waals surface area contributed by atoms with E-state index in [0.717, 1.165) is 0 Å². The summed E-state index contributed by atoms with van der Waals surface area (Å²) in [5, 5.41) is 50.0. The van der Waals surface area contributed by atoms with Crippen LogP contribution in [0.25, 0.3) is 0 Å². The zero-order valence-electron chi connectivity index (χ0n) is 13.0. The third-order valence-electron chi connectivity index (χ3n) is 4.19. The summed E-state index contributed by atoms with van der Waals surface area (Å²) in [6.07, 6.45) is -12.3. The minimum Gasteiger partial charge on any atom is -0.388 e. The molecule has 2 saturated heterocycles. The smallest absolute Gasteiger partial charge is 0.187 e. The molecule has 4 unspecified atom stereocenters. The van der Waals surface area contributed by atoms with Gasteiger partial charge in [0, 0.05) is 18.6 Å². The van der Waals surface area contributed by atoms with Crippen molar-refractivity contribution in [2.75, 3.05) is 18.6 Å². The van der Waals surface area contributed by atoms with Gasteiger partial charge in [-0.3, -0.25) is 0 Å². The van der Waals surface area contributed by atoms with E-state index in [9.17, 15) is 25.5 Å². The first-order valence-electron chi connectivity index (χ1n) is 7.46. The standard InChI is InChI=1S/C13H24O9S2/c1-19-12-10(18)8(16)11(5(3-24)21-12)22-13-9(17)7(15)6(14)4(2-23)20-13/h4-18,23-24H,2-3H2,1H3/t4?,5?,6-,7?,8?,9+,10+,11-,12-,13+/m1/s1. The highest BCUT2D eigenvalue weighted by atomic mass is 32.1. The van der Waals surface area contributed by atoms with Crippen molar-refractivity contribution in [3.8, 4) is 0 Å². The van der Waals surface area contributed by atoms with Crippen LogP contribution in [0, 0.1) is 0 Å². The zero-order chi connectivity index (χ0) is 18.0. The molecule has 0 aromatic heterocycles. The molecule has 0 aromatic carbocycles. The van der Waals surface area contributed by atoms with Crippen molar-refractivity contribution in [1.29, 1.82) is 0 Å². The van der Waals surface area contributed by atoms with E-state index in [1.165, 1.54) is 7.11 Å². The first kappa shape index (κ1) is 20.6. The van der Waals surface area contributed by atoms with Crippen LogP contribution in [0.5, 0.6) is 0 Å². The van der Waals surface area contributed by atoms with Crippen molar-refractivity contribution >= 4 is 25.3 Å². The highest BCUT2D eigenvalue weighted by molar-refractivity contribution is 7.80. The third kappa shape index (κ3) is 4.01. The SMILES string of the molecule is CO[C@@H]1OC(CS)[C@@H](O[C@@H]2OC(CS)[C@@H](O)C(O)[C@@H]2O)C(O)[C@@H]1O. The molecule has 0 aliphatic carbocycles. The van der Waals surface area contributed by atoms with Crippen LogP contribution in [0.2, 0.25) is 0 Å². The molecule has 10 atom stereocenters. The second-order valence-corrected chi connectivity index (χ2v) is 6.47. The maximum atomic E-state index is 10.3. The summed E-state index contributed by atoms with van der Waals surface area (Å²) < 4.78 is 21.4. The lowest BCUT2D eigenvalue weighted by Crippen LogP contribution is -2.64. The summed E-state index contributed by atoms with van der Waals surface area (Å²) in [5.74, 6) is 0.219. The Hall–Kier alpha value is 0.340. The Morgan fingerprint density at radius 2 is 1.29 bits per heavy atom. The molecule has 2 heterocycles. The predicted octanol–water partition coefficient (Wildman–Crippen LogP) is -2.87. The molecule has 0 aromatic rings. The second-order valence-electron chi connectivity index (χ2n) is 5.74. The minimum atomic E-state index is -1.55. The summed E-state index contributed by atoms with van der Waals surface area (Å²) in [5.41, 5.74) is 0. The lowest BCUT2D eigenvalue weighted by Gasteiger charge is -2.46. The molecule has 2 rings (SSSR count). The molecule has 0 amide bonds. The van der Waals surface area contributed by atoms with Gasteiger partial charge in [-0.1, -0.05) is 0 Å². The van der Waals surface area contributed by atoms with E-state index in [1.807, 2.05) is 0 Å². The van der Waals surface area contributed by atoms with Gasteiger partial charge < -0.3 is 44.5 Å². The largest absolute Gasteiger partial charge is 0.388 e. The van der Waals surface area contributed by atoms with E-state index < -0.39 is 61.4 Å². The summed E-state index contributed by atoms with van der Waals surface area (Å²) in [4.78, 5) is 0. The van der Waals surface area contributed by atoms with Gasteiger partial charge >= 0.3 is 0 Å². The van der Waals surface area contributed by atoms with Crippen LogP contribution in [-0.2, 0) is 18.9 Å². The fourth-order valence-corrected chi connectivity index (χ4v) is 3.35. The van der Waals surface area contributed by atoms with Gasteiger partial charge in [0.25, 0.3) is 0 Å². The Balaban J connectivity index is 2.12. The molecule has 2 fully saturated rings. The molecule has 0 saturated carbocycles. The molecule has 142 valence electrons. The van der Waals surface area contributed by atoms with E-state index in [2.05, 4.69) is 25.3 Å². The van der Waals surface area contributed by atoms with Gasteiger partial charge in [-0.05, 0) is 0 Å². The molecule has 0 spiro atoms. The van der Waals surface area contributed by atoms with Crippen LogP contribution in [0.15, 0.2) is 0 Å². The maximum Gasteiger partial charge on any atom is 0.187 e. The number of hydrogen-bond acceptors (Lipinski definition) is 11. The topological polar surface area (TPSA) is 138 Å². The quantitative estimate of drug-likeness (QED) is 0.248. The Labute approximate surface area is 150 Å². The molecular formula is C13H24O9S2. The van der Waals surface area contributed by atoms with Crippen molar-refractivity contribution in [2.24, 2.45) is 0 Å². The van der Waals surface area contributed by atoms with E-state index in [-0.39, 0.29) is 11.5 Å². The van der Waals surface area contributed by atoms with E-state index in [4.69, 9.17) is 18.9 Å². The number of aliphatic hydroxyl groups excluding tert-OH is 5. The summed E-state index contributed by atoms with van der Waals surface area (Å²) in [6, 6.07) is 0. The van der Waals surface area contributed by atoms with Crippen LogP contribution < -0.4 is 0 Å². The van der Waals surface area contributed by atoms with Crippen molar-refractivity contribution < 1.29 is 44.5 Å². The molecule has 9 nitrogen and oxygen atoms in total. The summed E-state index contributed by atoms with van der Waals surface area (Å²) >= 11 is 8.14. The van der Waals surface area contributed by atoms with Gasteiger partial charge in [-0.2, -0.15) is 25.3 Å².